The number of hydrogen-bond acceptors (Lipinski definition) is 6. The van der Waals surface area contributed by atoms with Gasteiger partial charge < -0.3 is 14.6 Å². The lowest BCUT2D eigenvalue weighted by atomic mass is 9.69. The van der Waals surface area contributed by atoms with Crippen molar-refractivity contribution in [3.05, 3.63) is 35.0 Å². The second kappa shape index (κ2) is 8.17. The summed E-state index contributed by atoms with van der Waals surface area (Å²) in [5.41, 5.74) is 2.56. The molecule has 1 fully saturated rings. The van der Waals surface area contributed by atoms with Gasteiger partial charge in [0.25, 0.3) is 0 Å². The number of esters is 1. The minimum absolute atomic E-state index is 0.0253. The molecule has 28 heavy (non-hydrogen) atoms. The van der Waals surface area contributed by atoms with Crippen molar-refractivity contribution in [3.8, 4) is 11.5 Å². The van der Waals surface area contributed by atoms with Crippen molar-refractivity contribution in [2.75, 3.05) is 6.61 Å². The first-order valence-corrected chi connectivity index (χ1v) is 9.81. The summed E-state index contributed by atoms with van der Waals surface area (Å²) in [4.78, 5) is 30.4. The van der Waals surface area contributed by atoms with Gasteiger partial charge in [-0.15, -0.1) is 0 Å². The van der Waals surface area contributed by atoms with Crippen molar-refractivity contribution in [3.63, 3.8) is 0 Å². The molecule has 6 heteroatoms. The molecule has 0 amide bonds. The number of carbonyl (C=O) groups excluding carboxylic acids is 2. The highest BCUT2D eigenvalue weighted by Gasteiger charge is 2.44. The molecule has 2 aliphatic rings. The van der Waals surface area contributed by atoms with E-state index >= 15 is 0 Å². The van der Waals surface area contributed by atoms with E-state index in [1.54, 1.807) is 39.0 Å². The van der Waals surface area contributed by atoms with Gasteiger partial charge in [0.1, 0.15) is 5.78 Å². The van der Waals surface area contributed by atoms with Gasteiger partial charge in [0.15, 0.2) is 11.5 Å². The van der Waals surface area contributed by atoms with Gasteiger partial charge in [-0.1, -0.05) is 6.07 Å². The molecule has 1 saturated carbocycles. The molecule has 1 aliphatic carbocycles. The van der Waals surface area contributed by atoms with E-state index in [1.165, 1.54) is 0 Å². The van der Waals surface area contributed by atoms with Gasteiger partial charge in [0.05, 0.1) is 24.2 Å². The SMILES string of the molecule is CCOc1cc([C@@H]2C(C(=O)OC(C)C)=C(C)N=C3CCCC(=O)C32)ccc1O. The summed E-state index contributed by atoms with van der Waals surface area (Å²) in [7, 11) is 0. The standard InChI is InChI=1S/C22H27NO5/c1-5-27-18-11-14(9-10-16(18)24)20-19(22(26)28-12(2)3)13(4)23-15-7-6-8-17(25)21(15)20/h9-12,20-21,24H,5-8H2,1-4H3/t20-,21?/m1/s1. The molecule has 1 aromatic carbocycles. The zero-order chi connectivity index (χ0) is 20.4. The summed E-state index contributed by atoms with van der Waals surface area (Å²) in [6.07, 6.45) is 1.72. The molecule has 1 aromatic rings. The van der Waals surface area contributed by atoms with Crippen LogP contribution >= 0.6 is 0 Å². The van der Waals surface area contributed by atoms with Crippen molar-refractivity contribution in [2.24, 2.45) is 10.9 Å². The quantitative estimate of drug-likeness (QED) is 0.777. The number of benzene rings is 1. The van der Waals surface area contributed by atoms with E-state index in [2.05, 4.69) is 4.99 Å². The topological polar surface area (TPSA) is 85.2 Å². The minimum atomic E-state index is -0.494. The number of ketones is 1. The van der Waals surface area contributed by atoms with Crippen LogP contribution in [0.3, 0.4) is 0 Å². The molecule has 0 bridgehead atoms. The van der Waals surface area contributed by atoms with Gasteiger partial charge >= 0.3 is 5.97 Å². The Morgan fingerprint density at radius 1 is 1.29 bits per heavy atom. The summed E-state index contributed by atoms with van der Waals surface area (Å²) < 4.78 is 11.0. The highest BCUT2D eigenvalue weighted by Crippen LogP contribution is 2.44. The molecule has 1 aliphatic heterocycles. The highest BCUT2D eigenvalue weighted by atomic mass is 16.5. The number of aromatic hydroxyl groups is 1. The maximum absolute atomic E-state index is 12.9. The Hall–Kier alpha value is -2.63. The number of rotatable bonds is 5. The van der Waals surface area contributed by atoms with Gasteiger partial charge in [-0.3, -0.25) is 9.79 Å². The van der Waals surface area contributed by atoms with Crippen LogP contribution in [0, 0.1) is 5.92 Å². The number of phenols is 1. The number of hydrogen-bond donors (Lipinski definition) is 1. The monoisotopic (exact) mass is 385 g/mol. The lowest BCUT2D eigenvalue weighted by molar-refractivity contribution is -0.143. The number of allylic oxidation sites excluding steroid dienone is 1. The maximum atomic E-state index is 12.9. The fourth-order valence-electron chi connectivity index (χ4n) is 4.02. The van der Waals surface area contributed by atoms with Crippen molar-refractivity contribution in [2.45, 2.75) is 59.0 Å². The predicted molar refractivity (Wildman–Crippen MR) is 106 cm³/mol. The summed E-state index contributed by atoms with van der Waals surface area (Å²) >= 11 is 0. The van der Waals surface area contributed by atoms with Crippen LogP contribution in [0.15, 0.2) is 34.5 Å². The fraction of sp³-hybridized carbons (Fsp3) is 0.500. The van der Waals surface area contributed by atoms with Gasteiger partial charge in [-0.2, -0.15) is 0 Å². The first-order valence-electron chi connectivity index (χ1n) is 9.81. The molecule has 0 radical (unpaired) electrons. The molecule has 0 saturated heterocycles. The number of aliphatic imine (C=N–C) groups is 1. The van der Waals surface area contributed by atoms with Gasteiger partial charge in [-0.25, -0.2) is 4.79 Å². The Labute approximate surface area is 165 Å². The van der Waals surface area contributed by atoms with Crippen LogP contribution in [0.5, 0.6) is 11.5 Å². The first-order chi connectivity index (χ1) is 13.3. The average Bonchev–Trinajstić information content (AvgIpc) is 2.62. The number of ether oxygens (including phenoxy) is 2. The van der Waals surface area contributed by atoms with Gasteiger partial charge in [-0.05, 0) is 58.2 Å². The lowest BCUT2D eigenvalue weighted by Gasteiger charge is -2.35. The van der Waals surface area contributed by atoms with E-state index in [9.17, 15) is 14.7 Å². The predicted octanol–water partition coefficient (Wildman–Crippen LogP) is 3.92. The lowest BCUT2D eigenvalue weighted by Crippen LogP contribution is -2.39. The molecule has 1 heterocycles. The largest absolute Gasteiger partial charge is 0.504 e. The molecule has 2 atom stereocenters. The molecule has 6 nitrogen and oxygen atoms in total. The van der Waals surface area contributed by atoms with Gasteiger partial charge in [0, 0.05) is 23.7 Å². The zero-order valence-corrected chi connectivity index (χ0v) is 16.8. The Morgan fingerprint density at radius 3 is 2.71 bits per heavy atom. The second-order valence-corrected chi connectivity index (χ2v) is 7.49. The number of Topliss-reactive ketones (excluding diaryl/α,β-unsaturated/α-hetero) is 1. The third-order valence-electron chi connectivity index (χ3n) is 5.11. The number of phenolic OH excluding ortho intramolecular Hbond substituents is 1. The Kier molecular flexibility index (Phi) is 5.87. The molecule has 1 N–H and O–H groups in total. The van der Waals surface area contributed by atoms with E-state index in [4.69, 9.17) is 9.47 Å². The third-order valence-corrected chi connectivity index (χ3v) is 5.11. The normalized spacial score (nSPS) is 22.0. The van der Waals surface area contributed by atoms with Crippen LogP contribution in [-0.4, -0.2) is 35.3 Å². The van der Waals surface area contributed by atoms with E-state index in [0.29, 0.717) is 30.0 Å². The van der Waals surface area contributed by atoms with Crippen molar-refractivity contribution in [1.82, 2.24) is 0 Å². The van der Waals surface area contributed by atoms with Crippen LogP contribution in [0.4, 0.5) is 0 Å². The van der Waals surface area contributed by atoms with Crippen LogP contribution in [-0.2, 0) is 14.3 Å². The maximum Gasteiger partial charge on any atom is 0.336 e. The van der Waals surface area contributed by atoms with Crippen LogP contribution in [0.2, 0.25) is 0 Å². The van der Waals surface area contributed by atoms with E-state index < -0.39 is 17.8 Å². The molecular weight excluding hydrogens is 358 g/mol. The van der Waals surface area contributed by atoms with E-state index in [1.807, 2.05) is 6.92 Å². The van der Waals surface area contributed by atoms with E-state index in [-0.39, 0.29) is 17.6 Å². The minimum Gasteiger partial charge on any atom is -0.504 e. The summed E-state index contributed by atoms with van der Waals surface area (Å²) in [5.74, 6) is -0.982. The number of fused-ring (bicyclic) bond motifs is 1. The molecular formula is C22H27NO5. The van der Waals surface area contributed by atoms with Crippen LogP contribution in [0.25, 0.3) is 0 Å². The Bertz CT molecular complexity index is 852. The molecule has 3 rings (SSSR count). The Balaban J connectivity index is 2.15. The zero-order valence-electron chi connectivity index (χ0n) is 16.8. The van der Waals surface area contributed by atoms with Crippen LogP contribution in [0.1, 0.15) is 58.4 Å². The second-order valence-electron chi connectivity index (χ2n) is 7.49. The molecule has 150 valence electrons. The molecule has 1 unspecified atom stereocenters. The Morgan fingerprint density at radius 2 is 2.04 bits per heavy atom. The van der Waals surface area contributed by atoms with Crippen molar-refractivity contribution >= 4 is 17.5 Å². The van der Waals surface area contributed by atoms with Crippen LogP contribution < -0.4 is 4.74 Å². The number of nitrogens with zero attached hydrogens (tertiary/aromatic N) is 1. The molecule has 0 spiro atoms. The third kappa shape index (κ3) is 3.81. The summed E-state index contributed by atoms with van der Waals surface area (Å²) in [6, 6.07) is 4.99. The summed E-state index contributed by atoms with van der Waals surface area (Å²) in [5, 5.41) is 10.1. The van der Waals surface area contributed by atoms with Crippen molar-refractivity contribution in [1.29, 1.82) is 0 Å². The highest BCUT2D eigenvalue weighted by molar-refractivity contribution is 6.11. The number of carbonyl (C=O) groups is 2. The van der Waals surface area contributed by atoms with Gasteiger partial charge in [0.2, 0.25) is 0 Å². The fourth-order valence-corrected chi connectivity index (χ4v) is 4.02. The first kappa shape index (κ1) is 20.1. The van der Waals surface area contributed by atoms with E-state index in [0.717, 1.165) is 24.1 Å². The van der Waals surface area contributed by atoms with Crippen molar-refractivity contribution < 1.29 is 24.2 Å². The smallest absolute Gasteiger partial charge is 0.336 e. The summed E-state index contributed by atoms with van der Waals surface area (Å²) in [6.45, 7) is 7.60. The molecule has 0 aromatic heterocycles. The average molecular weight is 385 g/mol.